The van der Waals surface area contributed by atoms with Crippen molar-refractivity contribution in [2.45, 2.75) is 44.9 Å². The number of ether oxygens (including phenoxy) is 3. The Labute approximate surface area is 114 Å². The SMILES string of the molecule is CC1(C)OC[C@](C)(O)[C@H](COCc2ccccc2)O1. The lowest BCUT2D eigenvalue weighted by atomic mass is 9.99. The van der Waals surface area contributed by atoms with Crippen molar-refractivity contribution >= 4 is 0 Å². The monoisotopic (exact) mass is 266 g/mol. The molecule has 4 nitrogen and oxygen atoms in total. The Kier molecular flexibility index (Phi) is 4.26. The van der Waals surface area contributed by atoms with Crippen LogP contribution in [0.5, 0.6) is 0 Å². The number of hydrogen-bond acceptors (Lipinski definition) is 4. The molecule has 0 radical (unpaired) electrons. The maximum Gasteiger partial charge on any atom is 0.163 e. The molecule has 4 heteroatoms. The normalized spacial score (nSPS) is 30.2. The van der Waals surface area contributed by atoms with E-state index in [1.807, 2.05) is 44.2 Å². The van der Waals surface area contributed by atoms with Crippen molar-refractivity contribution in [3.63, 3.8) is 0 Å². The first-order valence-corrected chi connectivity index (χ1v) is 6.55. The van der Waals surface area contributed by atoms with Gasteiger partial charge in [-0.1, -0.05) is 30.3 Å². The first kappa shape index (κ1) is 14.5. The second-order valence-electron chi connectivity index (χ2n) is 5.65. The van der Waals surface area contributed by atoms with Gasteiger partial charge in [0.1, 0.15) is 11.7 Å². The zero-order valence-electron chi connectivity index (χ0n) is 11.8. The topological polar surface area (TPSA) is 47.9 Å². The van der Waals surface area contributed by atoms with Gasteiger partial charge in [-0.15, -0.1) is 0 Å². The van der Waals surface area contributed by atoms with E-state index in [-0.39, 0.29) is 12.7 Å². The quantitative estimate of drug-likeness (QED) is 0.906. The summed E-state index contributed by atoms with van der Waals surface area (Å²) in [6.45, 7) is 6.49. The highest BCUT2D eigenvalue weighted by Crippen LogP contribution is 2.29. The van der Waals surface area contributed by atoms with Crippen molar-refractivity contribution in [3.8, 4) is 0 Å². The van der Waals surface area contributed by atoms with E-state index in [4.69, 9.17) is 14.2 Å². The van der Waals surface area contributed by atoms with Crippen molar-refractivity contribution in [2.24, 2.45) is 0 Å². The second-order valence-corrected chi connectivity index (χ2v) is 5.65. The van der Waals surface area contributed by atoms with E-state index >= 15 is 0 Å². The lowest BCUT2D eigenvalue weighted by molar-refractivity contribution is -0.336. The largest absolute Gasteiger partial charge is 0.385 e. The van der Waals surface area contributed by atoms with Gasteiger partial charge in [-0.25, -0.2) is 0 Å². The van der Waals surface area contributed by atoms with Crippen molar-refractivity contribution in [1.29, 1.82) is 0 Å². The highest BCUT2D eigenvalue weighted by atomic mass is 16.7. The standard InChI is InChI=1S/C15H22O4/c1-14(2)18-11-15(3,16)13(19-14)10-17-9-12-7-5-4-6-8-12/h4-8,13,16H,9-11H2,1-3H3/t13-,15-/m0/s1. The van der Waals surface area contributed by atoms with Gasteiger partial charge in [0.25, 0.3) is 0 Å². The Balaban J connectivity index is 1.87. The molecule has 0 aromatic heterocycles. The van der Waals surface area contributed by atoms with Gasteiger partial charge in [-0.05, 0) is 26.3 Å². The molecule has 19 heavy (non-hydrogen) atoms. The summed E-state index contributed by atoms with van der Waals surface area (Å²) in [4.78, 5) is 0. The Hall–Kier alpha value is -0.940. The lowest BCUT2D eigenvalue weighted by Gasteiger charge is -2.44. The van der Waals surface area contributed by atoms with Crippen LogP contribution in [0, 0.1) is 0 Å². The highest BCUT2D eigenvalue weighted by Gasteiger charge is 2.43. The van der Waals surface area contributed by atoms with Gasteiger partial charge in [0.05, 0.1) is 19.8 Å². The van der Waals surface area contributed by atoms with E-state index in [9.17, 15) is 5.11 Å². The Morgan fingerprint density at radius 3 is 2.63 bits per heavy atom. The van der Waals surface area contributed by atoms with Crippen LogP contribution in [-0.2, 0) is 20.8 Å². The fourth-order valence-corrected chi connectivity index (χ4v) is 1.99. The van der Waals surface area contributed by atoms with Gasteiger partial charge in [0, 0.05) is 0 Å². The third kappa shape index (κ3) is 4.01. The fraction of sp³-hybridized carbons (Fsp3) is 0.600. The molecule has 1 N–H and O–H groups in total. The van der Waals surface area contributed by atoms with Crippen LogP contribution in [0.3, 0.4) is 0 Å². The maximum absolute atomic E-state index is 10.2. The fourth-order valence-electron chi connectivity index (χ4n) is 1.99. The molecule has 1 aromatic carbocycles. The molecule has 0 aliphatic carbocycles. The second kappa shape index (κ2) is 5.59. The molecule has 0 bridgehead atoms. The maximum atomic E-state index is 10.2. The zero-order chi connectivity index (χ0) is 13.9. The van der Waals surface area contributed by atoms with Gasteiger partial charge in [-0.3, -0.25) is 0 Å². The Morgan fingerprint density at radius 2 is 1.95 bits per heavy atom. The van der Waals surface area contributed by atoms with E-state index in [0.717, 1.165) is 5.56 Å². The van der Waals surface area contributed by atoms with E-state index in [1.54, 1.807) is 6.92 Å². The van der Waals surface area contributed by atoms with Crippen molar-refractivity contribution in [2.75, 3.05) is 13.2 Å². The molecule has 0 unspecified atom stereocenters. The van der Waals surface area contributed by atoms with Crippen molar-refractivity contribution in [1.82, 2.24) is 0 Å². The van der Waals surface area contributed by atoms with Crippen LogP contribution in [0.25, 0.3) is 0 Å². The van der Waals surface area contributed by atoms with Crippen LogP contribution in [0.4, 0.5) is 0 Å². The number of hydrogen-bond donors (Lipinski definition) is 1. The highest BCUT2D eigenvalue weighted by molar-refractivity contribution is 5.13. The Morgan fingerprint density at radius 1 is 1.26 bits per heavy atom. The molecule has 0 spiro atoms. The molecule has 106 valence electrons. The van der Waals surface area contributed by atoms with Gasteiger partial charge in [0.15, 0.2) is 5.79 Å². The smallest absolute Gasteiger partial charge is 0.163 e. The van der Waals surface area contributed by atoms with Gasteiger partial charge < -0.3 is 19.3 Å². The van der Waals surface area contributed by atoms with Gasteiger partial charge in [0.2, 0.25) is 0 Å². The van der Waals surface area contributed by atoms with Crippen molar-refractivity contribution in [3.05, 3.63) is 35.9 Å². The molecule has 1 fully saturated rings. The summed E-state index contributed by atoms with van der Waals surface area (Å²) in [5.41, 5.74) is 0.0834. The Bertz CT molecular complexity index is 400. The third-order valence-corrected chi connectivity index (χ3v) is 3.21. The molecule has 2 rings (SSSR count). The van der Waals surface area contributed by atoms with Crippen LogP contribution in [-0.4, -0.2) is 35.8 Å². The molecule has 0 saturated carbocycles. The molecule has 2 atom stereocenters. The summed E-state index contributed by atoms with van der Waals surface area (Å²) in [5.74, 6) is -0.678. The number of aliphatic hydroxyl groups is 1. The average Bonchev–Trinajstić information content (AvgIpc) is 2.35. The third-order valence-electron chi connectivity index (χ3n) is 3.21. The predicted molar refractivity (Wildman–Crippen MR) is 71.6 cm³/mol. The van der Waals surface area contributed by atoms with Crippen LogP contribution in [0.15, 0.2) is 30.3 Å². The van der Waals surface area contributed by atoms with Gasteiger partial charge in [-0.2, -0.15) is 0 Å². The van der Waals surface area contributed by atoms with Crippen LogP contribution in [0.1, 0.15) is 26.3 Å². The first-order valence-electron chi connectivity index (χ1n) is 6.55. The lowest BCUT2D eigenvalue weighted by Crippen LogP contribution is -2.57. The minimum atomic E-state index is -1.02. The van der Waals surface area contributed by atoms with Crippen LogP contribution in [0.2, 0.25) is 0 Å². The van der Waals surface area contributed by atoms with E-state index in [1.165, 1.54) is 0 Å². The predicted octanol–water partition coefficient (Wildman–Crippen LogP) is 2.11. The molecular formula is C15H22O4. The minimum absolute atomic E-state index is 0.249. The molecule has 1 aliphatic rings. The molecule has 1 aromatic rings. The molecule has 1 saturated heterocycles. The van der Waals surface area contributed by atoms with E-state index < -0.39 is 11.4 Å². The van der Waals surface area contributed by atoms with Gasteiger partial charge >= 0.3 is 0 Å². The van der Waals surface area contributed by atoms with E-state index in [2.05, 4.69) is 0 Å². The molecule has 1 heterocycles. The van der Waals surface area contributed by atoms with Crippen LogP contribution < -0.4 is 0 Å². The minimum Gasteiger partial charge on any atom is -0.385 e. The summed E-state index contributed by atoms with van der Waals surface area (Å²) >= 11 is 0. The summed E-state index contributed by atoms with van der Waals surface area (Å²) < 4.78 is 16.8. The van der Waals surface area contributed by atoms with E-state index in [0.29, 0.717) is 13.2 Å². The first-order chi connectivity index (χ1) is 8.89. The number of rotatable bonds is 4. The molecular weight excluding hydrogens is 244 g/mol. The summed E-state index contributed by atoms with van der Waals surface area (Å²) in [6.07, 6.45) is -0.389. The zero-order valence-corrected chi connectivity index (χ0v) is 11.8. The van der Waals surface area contributed by atoms with Crippen molar-refractivity contribution < 1.29 is 19.3 Å². The molecule has 1 aliphatic heterocycles. The summed E-state index contributed by atoms with van der Waals surface area (Å²) in [5, 5.41) is 10.2. The van der Waals surface area contributed by atoms with Crippen LogP contribution >= 0.6 is 0 Å². The number of benzene rings is 1. The average molecular weight is 266 g/mol. The molecule has 0 amide bonds. The summed E-state index contributed by atoms with van der Waals surface area (Å²) in [7, 11) is 0. The summed E-state index contributed by atoms with van der Waals surface area (Å²) in [6, 6.07) is 9.93.